The van der Waals surface area contributed by atoms with Gasteiger partial charge in [-0.2, -0.15) is 10.2 Å². The Balaban J connectivity index is -0.000000342. The van der Waals surface area contributed by atoms with Gasteiger partial charge in [-0.15, -0.1) is 0 Å². The van der Waals surface area contributed by atoms with Crippen LogP contribution in [-0.4, -0.2) is 28.7 Å². The van der Waals surface area contributed by atoms with Crippen molar-refractivity contribution in [2.24, 2.45) is 27.9 Å². The fraction of sp³-hybridized carbons (Fsp3) is 0.950. The number of carbonyl (C=O) groups is 1. The van der Waals surface area contributed by atoms with Crippen molar-refractivity contribution in [1.29, 1.82) is 0 Å². The number of hydrogen-bond donors (Lipinski definition) is 3. The smallest absolute Gasteiger partial charge is 0.168 e. The molecule has 26 heavy (non-hydrogen) atoms. The van der Waals surface area contributed by atoms with Gasteiger partial charge in [-0.1, -0.05) is 27.7 Å². The molecule has 6 heteroatoms. The first kappa shape index (κ1) is 29.9. The van der Waals surface area contributed by atoms with Gasteiger partial charge in [0.25, 0.3) is 0 Å². The minimum absolute atomic E-state index is 0.0694. The molecule has 0 aromatic heterocycles. The van der Waals surface area contributed by atoms with Crippen LogP contribution in [-0.2, 0) is 4.79 Å². The van der Waals surface area contributed by atoms with E-state index in [2.05, 4.69) is 29.5 Å². The number of hydrogen-bond acceptors (Lipinski definition) is 6. The number of carbonyl (C=O) groups excluding carboxylic acids is 1. The molecular formula is C20H46N4O2. The predicted octanol–water partition coefficient (Wildman–Crippen LogP) is 4.86. The van der Waals surface area contributed by atoms with E-state index in [1.54, 1.807) is 0 Å². The number of nitrogens with two attached hydrogens (primary N) is 1. The number of azo groups is 1. The summed E-state index contributed by atoms with van der Waals surface area (Å²) in [5.41, 5.74) is 2.49. The largest absolute Gasteiger partial charge is 0.370 e. The molecule has 0 saturated carbocycles. The van der Waals surface area contributed by atoms with Crippen molar-refractivity contribution in [3.8, 4) is 0 Å². The third kappa shape index (κ3) is 23.1. The van der Waals surface area contributed by atoms with Crippen molar-refractivity contribution >= 4 is 6.29 Å². The lowest BCUT2D eigenvalue weighted by Gasteiger charge is -2.17. The molecule has 0 bridgehead atoms. The number of nitrogens with zero attached hydrogens (tertiary/aromatic N) is 2. The Labute approximate surface area is 162 Å². The fourth-order valence-electron chi connectivity index (χ4n) is 1.52. The zero-order chi connectivity index (χ0) is 21.4. The molecular weight excluding hydrogens is 328 g/mol. The summed E-state index contributed by atoms with van der Waals surface area (Å²) in [4.78, 5) is 9.97. The minimum Gasteiger partial charge on any atom is -0.370 e. The fourth-order valence-corrected chi connectivity index (χ4v) is 1.52. The van der Waals surface area contributed by atoms with Gasteiger partial charge < -0.3 is 9.90 Å². The van der Waals surface area contributed by atoms with E-state index < -0.39 is 6.23 Å². The first-order valence-electron chi connectivity index (χ1n) is 9.84. The van der Waals surface area contributed by atoms with Gasteiger partial charge >= 0.3 is 0 Å². The summed E-state index contributed by atoms with van der Waals surface area (Å²) in [6.07, 6.45) is 4.26. The number of aldehydes is 1. The van der Waals surface area contributed by atoms with Crippen LogP contribution in [0.15, 0.2) is 10.2 Å². The summed E-state index contributed by atoms with van der Waals surface area (Å²) in [5.74, 6) is 5.60. The summed E-state index contributed by atoms with van der Waals surface area (Å²) < 4.78 is 0. The lowest BCUT2D eigenvalue weighted by molar-refractivity contribution is -0.111. The molecule has 0 heterocycles. The maximum Gasteiger partial charge on any atom is 0.168 e. The Bertz CT molecular complexity index is 339. The van der Waals surface area contributed by atoms with E-state index in [9.17, 15) is 9.90 Å². The molecule has 0 aromatic rings. The van der Waals surface area contributed by atoms with Crippen LogP contribution in [0.4, 0.5) is 0 Å². The summed E-state index contributed by atoms with van der Waals surface area (Å²) in [5, 5.41) is 17.6. The van der Waals surface area contributed by atoms with Gasteiger partial charge in [0.05, 0.1) is 5.54 Å². The van der Waals surface area contributed by atoms with Gasteiger partial charge in [-0.3, -0.25) is 11.3 Å². The van der Waals surface area contributed by atoms with Crippen molar-refractivity contribution in [3.63, 3.8) is 0 Å². The maximum atomic E-state index is 9.97. The Morgan fingerprint density at radius 1 is 0.962 bits per heavy atom. The van der Waals surface area contributed by atoms with Gasteiger partial charge in [0.15, 0.2) is 6.23 Å². The van der Waals surface area contributed by atoms with E-state index in [0.29, 0.717) is 5.92 Å². The molecule has 0 aliphatic carbocycles. The van der Waals surface area contributed by atoms with Gasteiger partial charge in [-0.25, -0.2) is 0 Å². The number of nitrogens with one attached hydrogen (secondary N) is 1. The zero-order valence-electron chi connectivity index (χ0n) is 19.0. The first-order chi connectivity index (χ1) is 11.8. The second-order valence-electron chi connectivity index (χ2n) is 8.48. The minimum atomic E-state index is -0.630. The number of aliphatic hydroxyl groups excluding tert-OH is 1. The number of aliphatic hydroxyl groups is 1. The maximum absolute atomic E-state index is 9.97. The highest BCUT2D eigenvalue weighted by molar-refractivity contribution is 5.52. The van der Waals surface area contributed by atoms with Crippen molar-refractivity contribution in [1.82, 2.24) is 5.43 Å². The van der Waals surface area contributed by atoms with Gasteiger partial charge in [0.1, 0.15) is 6.29 Å². The second-order valence-corrected chi connectivity index (χ2v) is 8.48. The molecule has 158 valence electrons. The summed E-state index contributed by atoms with van der Waals surface area (Å²) >= 11 is 0. The highest BCUT2D eigenvalue weighted by atomic mass is 16.3. The third-order valence-corrected chi connectivity index (χ3v) is 3.62. The predicted molar refractivity (Wildman–Crippen MR) is 112 cm³/mol. The van der Waals surface area contributed by atoms with Gasteiger partial charge in [0, 0.05) is 17.4 Å². The van der Waals surface area contributed by atoms with Crippen LogP contribution in [0.5, 0.6) is 0 Å². The molecule has 0 radical (unpaired) electrons. The van der Waals surface area contributed by atoms with Crippen molar-refractivity contribution in [3.05, 3.63) is 0 Å². The summed E-state index contributed by atoms with van der Waals surface area (Å²) in [6, 6.07) is 0. The van der Waals surface area contributed by atoms with Crippen LogP contribution in [0.2, 0.25) is 0 Å². The van der Waals surface area contributed by atoms with Crippen molar-refractivity contribution in [2.75, 3.05) is 0 Å². The zero-order valence-corrected chi connectivity index (χ0v) is 19.0. The van der Waals surface area contributed by atoms with Crippen LogP contribution in [0.3, 0.4) is 0 Å². The van der Waals surface area contributed by atoms with Crippen LogP contribution in [0.25, 0.3) is 0 Å². The molecule has 6 nitrogen and oxygen atoms in total. The van der Waals surface area contributed by atoms with Crippen LogP contribution in [0, 0.1) is 11.8 Å². The molecule has 0 aliphatic heterocycles. The summed E-state index contributed by atoms with van der Waals surface area (Å²) in [7, 11) is 0. The second kappa shape index (κ2) is 16.3. The number of hydrazine groups is 1. The Morgan fingerprint density at radius 2 is 1.35 bits per heavy atom. The van der Waals surface area contributed by atoms with E-state index in [1.165, 1.54) is 0 Å². The SMILES string of the molecule is CC(C)(C)NN.CCC(C=O)CC.CCC(CC)C(O)/N=N/C(C)(C)C. The van der Waals surface area contributed by atoms with E-state index in [-0.39, 0.29) is 17.0 Å². The van der Waals surface area contributed by atoms with E-state index in [0.717, 1.165) is 32.0 Å². The summed E-state index contributed by atoms with van der Waals surface area (Å²) in [6.45, 7) is 20.1. The molecule has 0 amide bonds. The van der Waals surface area contributed by atoms with Gasteiger partial charge in [0.2, 0.25) is 0 Å². The standard InChI is InChI=1S/C10H22N2O.C6H12O.C4H12N2/c1-6-8(7-2)9(13)11-12-10(3,4)5;1-3-6(4-2)5-7;1-4(2,3)6-5/h8-9,13H,6-7H2,1-5H3;5-6H,3-4H2,1-2H3;6H,5H2,1-3H3/b12-11+;;. The monoisotopic (exact) mass is 374 g/mol. The van der Waals surface area contributed by atoms with Crippen LogP contribution >= 0.6 is 0 Å². The lowest BCUT2D eigenvalue weighted by Crippen LogP contribution is -2.41. The molecule has 0 aromatic carbocycles. The topological polar surface area (TPSA) is 100 Å². The average molecular weight is 375 g/mol. The normalized spacial score (nSPS) is 13.2. The Kier molecular flexibility index (Phi) is 18.8. The molecule has 0 aliphatic rings. The van der Waals surface area contributed by atoms with Crippen molar-refractivity contribution in [2.45, 2.75) is 112 Å². The quantitative estimate of drug-likeness (QED) is 0.256. The van der Waals surface area contributed by atoms with Crippen LogP contribution in [0.1, 0.15) is 94.9 Å². The van der Waals surface area contributed by atoms with E-state index in [1.807, 2.05) is 55.4 Å². The molecule has 0 fully saturated rings. The highest BCUT2D eigenvalue weighted by Gasteiger charge is 2.15. The Hall–Kier alpha value is -0.850. The van der Waals surface area contributed by atoms with Crippen molar-refractivity contribution < 1.29 is 9.90 Å². The lowest BCUT2D eigenvalue weighted by atomic mass is 10.0. The molecule has 0 rings (SSSR count). The highest BCUT2D eigenvalue weighted by Crippen LogP contribution is 2.16. The molecule has 4 N–H and O–H groups in total. The average Bonchev–Trinajstić information content (AvgIpc) is 2.55. The van der Waals surface area contributed by atoms with E-state index in [4.69, 9.17) is 5.84 Å². The molecule has 1 unspecified atom stereocenters. The molecule has 1 atom stereocenters. The van der Waals surface area contributed by atoms with Gasteiger partial charge in [-0.05, 0) is 67.2 Å². The van der Waals surface area contributed by atoms with Crippen LogP contribution < -0.4 is 11.3 Å². The molecule has 0 saturated heterocycles. The molecule has 0 spiro atoms. The Morgan fingerprint density at radius 3 is 1.50 bits per heavy atom. The first-order valence-corrected chi connectivity index (χ1v) is 9.84. The number of rotatable bonds is 7. The van der Waals surface area contributed by atoms with E-state index >= 15 is 0 Å². The third-order valence-electron chi connectivity index (χ3n) is 3.62.